The van der Waals surface area contributed by atoms with Crippen molar-refractivity contribution in [3.63, 3.8) is 0 Å². The number of ether oxygens (including phenoxy) is 3. The average Bonchev–Trinajstić information content (AvgIpc) is 3.01. The summed E-state index contributed by atoms with van der Waals surface area (Å²) in [7, 11) is 0. The molecule has 1 aromatic rings. The van der Waals surface area contributed by atoms with Crippen LogP contribution >= 0.6 is 0 Å². The molecule has 24 heavy (non-hydrogen) atoms. The summed E-state index contributed by atoms with van der Waals surface area (Å²) in [5, 5.41) is 24.3. The monoisotopic (exact) mass is 335 g/mol. The Balaban J connectivity index is 1.61. The van der Waals surface area contributed by atoms with E-state index in [0.717, 1.165) is 5.56 Å². The number of benzene rings is 1. The molecule has 4 atom stereocenters. The fourth-order valence-corrected chi connectivity index (χ4v) is 3.12. The molecule has 1 aromatic carbocycles. The Labute approximate surface area is 142 Å². The van der Waals surface area contributed by atoms with Gasteiger partial charge in [-0.3, -0.25) is 5.32 Å². The van der Waals surface area contributed by atoms with Crippen LogP contribution in [0.5, 0.6) is 0 Å². The lowest BCUT2D eigenvalue weighted by atomic mass is 10.00. The lowest BCUT2D eigenvalue weighted by Gasteiger charge is -2.28. The van der Waals surface area contributed by atoms with E-state index in [0.29, 0.717) is 19.6 Å². The first-order valence-corrected chi connectivity index (χ1v) is 8.19. The standard InChI is InChI=1S/C18H25NO5/c1-12-18(21,19-10-9-13-7-5-4-6-8-13)16(20)15(23-12)14-11-22-17(2,3)24-14/h4-8,14-16,19-21H,1,9-11H2,2-3H3/t14-,15-,16+,18+/m1/s1. The molecule has 2 aliphatic rings. The van der Waals surface area contributed by atoms with Gasteiger partial charge in [0.05, 0.1) is 6.61 Å². The molecular formula is C18H25NO5. The molecule has 2 saturated heterocycles. The summed E-state index contributed by atoms with van der Waals surface area (Å²) in [5.41, 5.74) is -0.561. The lowest BCUT2D eigenvalue weighted by Crippen LogP contribution is -2.56. The highest BCUT2D eigenvalue weighted by Gasteiger charge is 2.56. The molecule has 0 unspecified atom stereocenters. The minimum atomic E-state index is -1.70. The van der Waals surface area contributed by atoms with E-state index < -0.39 is 29.8 Å². The van der Waals surface area contributed by atoms with Crippen molar-refractivity contribution in [1.82, 2.24) is 5.32 Å². The van der Waals surface area contributed by atoms with Crippen molar-refractivity contribution in [3.05, 3.63) is 48.2 Å². The molecule has 0 amide bonds. The second kappa shape index (κ2) is 6.46. The topological polar surface area (TPSA) is 80.2 Å². The fourth-order valence-electron chi connectivity index (χ4n) is 3.12. The number of hydrogen-bond donors (Lipinski definition) is 3. The summed E-state index contributed by atoms with van der Waals surface area (Å²) < 4.78 is 16.8. The SMILES string of the molecule is C=C1O[C@H]([C@H]2COC(C)(C)O2)[C@H](O)[C@]1(O)NCCc1ccccc1. The highest BCUT2D eigenvalue weighted by atomic mass is 16.8. The van der Waals surface area contributed by atoms with E-state index in [1.165, 1.54) is 0 Å². The van der Waals surface area contributed by atoms with Gasteiger partial charge in [0, 0.05) is 6.54 Å². The average molecular weight is 335 g/mol. The van der Waals surface area contributed by atoms with E-state index in [2.05, 4.69) is 11.9 Å². The molecule has 0 bridgehead atoms. The Bertz CT molecular complexity index is 590. The van der Waals surface area contributed by atoms with Gasteiger partial charge < -0.3 is 24.4 Å². The molecule has 0 radical (unpaired) electrons. The third-order valence-electron chi connectivity index (χ3n) is 4.49. The van der Waals surface area contributed by atoms with Crippen molar-refractivity contribution in [2.24, 2.45) is 0 Å². The van der Waals surface area contributed by atoms with E-state index in [1.807, 2.05) is 30.3 Å². The zero-order valence-electron chi connectivity index (χ0n) is 14.1. The molecule has 0 saturated carbocycles. The van der Waals surface area contributed by atoms with Crippen LogP contribution in [0.4, 0.5) is 0 Å². The van der Waals surface area contributed by atoms with Crippen molar-refractivity contribution in [2.75, 3.05) is 13.2 Å². The van der Waals surface area contributed by atoms with Gasteiger partial charge in [0.15, 0.2) is 11.9 Å². The van der Waals surface area contributed by atoms with Crippen LogP contribution in [0.1, 0.15) is 19.4 Å². The Morgan fingerprint density at radius 2 is 2.00 bits per heavy atom. The van der Waals surface area contributed by atoms with Crippen molar-refractivity contribution < 1.29 is 24.4 Å². The van der Waals surface area contributed by atoms with Gasteiger partial charge in [-0.25, -0.2) is 0 Å². The Kier molecular flexibility index (Phi) is 4.68. The van der Waals surface area contributed by atoms with Gasteiger partial charge in [-0.2, -0.15) is 0 Å². The zero-order valence-corrected chi connectivity index (χ0v) is 14.1. The second-order valence-electron chi connectivity index (χ2n) is 6.75. The molecule has 2 heterocycles. The van der Waals surface area contributed by atoms with Crippen LogP contribution in [0.15, 0.2) is 42.7 Å². The second-order valence-corrected chi connectivity index (χ2v) is 6.75. The molecule has 6 nitrogen and oxygen atoms in total. The lowest BCUT2D eigenvalue weighted by molar-refractivity contribution is -0.159. The quantitative estimate of drug-likeness (QED) is 0.695. The Hall–Kier alpha value is -1.44. The Morgan fingerprint density at radius 1 is 1.29 bits per heavy atom. The summed E-state index contributed by atoms with van der Waals surface area (Å²) >= 11 is 0. The van der Waals surface area contributed by atoms with Crippen LogP contribution in [0.3, 0.4) is 0 Å². The number of aliphatic hydroxyl groups excluding tert-OH is 1. The number of rotatable bonds is 5. The van der Waals surface area contributed by atoms with Crippen LogP contribution in [-0.4, -0.2) is 53.2 Å². The number of aliphatic hydroxyl groups is 2. The van der Waals surface area contributed by atoms with Crippen molar-refractivity contribution >= 4 is 0 Å². The molecule has 2 fully saturated rings. The first-order valence-electron chi connectivity index (χ1n) is 8.19. The van der Waals surface area contributed by atoms with Gasteiger partial charge >= 0.3 is 0 Å². The summed E-state index contributed by atoms with van der Waals surface area (Å²) in [6.07, 6.45) is -1.67. The highest BCUT2D eigenvalue weighted by Crippen LogP contribution is 2.37. The van der Waals surface area contributed by atoms with Crippen LogP contribution in [0.25, 0.3) is 0 Å². The predicted molar refractivity (Wildman–Crippen MR) is 88.0 cm³/mol. The van der Waals surface area contributed by atoms with Gasteiger partial charge in [0.25, 0.3) is 0 Å². The third kappa shape index (κ3) is 3.34. The maximum absolute atomic E-state index is 10.8. The van der Waals surface area contributed by atoms with E-state index in [4.69, 9.17) is 14.2 Å². The van der Waals surface area contributed by atoms with Crippen molar-refractivity contribution in [1.29, 1.82) is 0 Å². The van der Waals surface area contributed by atoms with Crippen molar-refractivity contribution in [2.45, 2.75) is 50.1 Å². The first-order chi connectivity index (χ1) is 11.3. The van der Waals surface area contributed by atoms with E-state index in [-0.39, 0.29) is 5.76 Å². The van der Waals surface area contributed by atoms with Crippen LogP contribution in [-0.2, 0) is 20.6 Å². The number of hydrogen-bond acceptors (Lipinski definition) is 6. The van der Waals surface area contributed by atoms with E-state index in [1.54, 1.807) is 13.8 Å². The van der Waals surface area contributed by atoms with Gasteiger partial charge in [-0.1, -0.05) is 36.9 Å². The zero-order chi connectivity index (χ0) is 17.4. The number of nitrogens with one attached hydrogen (secondary N) is 1. The molecule has 3 rings (SSSR count). The third-order valence-corrected chi connectivity index (χ3v) is 4.49. The molecule has 3 N–H and O–H groups in total. The summed E-state index contributed by atoms with van der Waals surface area (Å²) in [6, 6.07) is 9.90. The van der Waals surface area contributed by atoms with Gasteiger partial charge in [-0.15, -0.1) is 0 Å². The maximum Gasteiger partial charge on any atom is 0.204 e. The predicted octanol–water partition coefficient (Wildman–Crippen LogP) is 0.932. The van der Waals surface area contributed by atoms with Gasteiger partial charge in [0.2, 0.25) is 5.72 Å². The highest BCUT2D eigenvalue weighted by molar-refractivity contribution is 5.19. The molecule has 0 aromatic heterocycles. The molecule has 132 valence electrons. The molecular weight excluding hydrogens is 310 g/mol. The molecule has 0 aliphatic carbocycles. The largest absolute Gasteiger partial charge is 0.485 e. The van der Waals surface area contributed by atoms with Crippen molar-refractivity contribution in [3.8, 4) is 0 Å². The smallest absolute Gasteiger partial charge is 0.204 e. The molecule has 6 heteroatoms. The van der Waals surface area contributed by atoms with E-state index in [9.17, 15) is 10.2 Å². The Morgan fingerprint density at radius 3 is 2.62 bits per heavy atom. The van der Waals surface area contributed by atoms with Crippen LogP contribution < -0.4 is 5.32 Å². The molecule has 2 aliphatic heterocycles. The fraction of sp³-hybridized carbons (Fsp3) is 0.556. The summed E-state index contributed by atoms with van der Waals surface area (Å²) in [5.74, 6) is -0.627. The minimum absolute atomic E-state index is 0.0985. The van der Waals surface area contributed by atoms with Gasteiger partial charge in [-0.05, 0) is 25.8 Å². The van der Waals surface area contributed by atoms with Crippen LogP contribution in [0, 0.1) is 0 Å². The summed E-state index contributed by atoms with van der Waals surface area (Å²) in [6.45, 7) is 8.11. The molecule has 0 spiro atoms. The normalized spacial score (nSPS) is 35.2. The minimum Gasteiger partial charge on any atom is -0.485 e. The van der Waals surface area contributed by atoms with Gasteiger partial charge in [0.1, 0.15) is 18.0 Å². The van der Waals surface area contributed by atoms with E-state index >= 15 is 0 Å². The van der Waals surface area contributed by atoms with Crippen LogP contribution in [0.2, 0.25) is 0 Å². The maximum atomic E-state index is 10.8. The first kappa shape index (κ1) is 17.4. The summed E-state index contributed by atoms with van der Waals surface area (Å²) in [4.78, 5) is 0.